The summed E-state index contributed by atoms with van der Waals surface area (Å²) in [6, 6.07) is 16.3. The Morgan fingerprint density at radius 1 is 1.07 bits per heavy atom. The number of nitrogens with one attached hydrogen (secondary N) is 2. The van der Waals surface area contributed by atoms with Gasteiger partial charge in [-0.3, -0.25) is 4.79 Å². The maximum atomic E-state index is 12.8. The smallest absolute Gasteiger partial charge is 0.255 e. The lowest BCUT2D eigenvalue weighted by molar-refractivity contribution is 0.0919. The summed E-state index contributed by atoms with van der Waals surface area (Å²) < 4.78 is 5.91. The van der Waals surface area contributed by atoms with Gasteiger partial charge in [0.1, 0.15) is 12.4 Å². The first-order valence-corrected chi connectivity index (χ1v) is 9.59. The normalized spacial score (nSPS) is 23.4. The van der Waals surface area contributed by atoms with Crippen LogP contribution in [-0.4, -0.2) is 24.0 Å². The molecule has 2 saturated heterocycles. The highest BCUT2D eigenvalue weighted by Gasteiger charge is 2.34. The van der Waals surface area contributed by atoms with Gasteiger partial charge in [-0.05, 0) is 43.9 Å². The standard InChI is InChI=1S/C21H23ClN2O2.ClH/c22-19-7-3-1-5-14(19)13-26-20-8-4-2-6-18(20)21(25)24-17-11-15-9-10-16(12-17)23-15;/h1-8,15-17,23H,9-13H2,(H,24,25);1H. The molecule has 4 rings (SSSR count). The third-order valence-corrected chi connectivity index (χ3v) is 5.65. The molecule has 0 aromatic heterocycles. The molecule has 2 bridgehead atoms. The first-order valence-electron chi connectivity index (χ1n) is 9.21. The summed E-state index contributed by atoms with van der Waals surface area (Å²) in [6.07, 6.45) is 4.44. The maximum Gasteiger partial charge on any atom is 0.255 e. The number of rotatable bonds is 5. The van der Waals surface area contributed by atoms with Crippen LogP contribution in [0, 0.1) is 0 Å². The van der Waals surface area contributed by atoms with Crippen molar-refractivity contribution in [2.75, 3.05) is 0 Å². The molecule has 2 aromatic carbocycles. The van der Waals surface area contributed by atoms with Crippen LogP contribution in [0.2, 0.25) is 5.02 Å². The fourth-order valence-electron chi connectivity index (χ4n) is 3.99. The van der Waals surface area contributed by atoms with Gasteiger partial charge in [-0.15, -0.1) is 12.4 Å². The fourth-order valence-corrected chi connectivity index (χ4v) is 4.18. The van der Waals surface area contributed by atoms with Crippen LogP contribution in [0.25, 0.3) is 0 Å². The zero-order valence-corrected chi connectivity index (χ0v) is 16.6. The molecule has 0 radical (unpaired) electrons. The summed E-state index contributed by atoms with van der Waals surface area (Å²) in [5.41, 5.74) is 1.48. The summed E-state index contributed by atoms with van der Waals surface area (Å²) in [5.74, 6) is 0.521. The number of hydrogen-bond donors (Lipinski definition) is 2. The van der Waals surface area contributed by atoms with Crippen molar-refractivity contribution in [1.82, 2.24) is 10.6 Å². The van der Waals surface area contributed by atoms with Crippen molar-refractivity contribution < 1.29 is 9.53 Å². The summed E-state index contributed by atoms with van der Waals surface area (Å²) in [6.45, 7) is 0.335. The monoisotopic (exact) mass is 406 g/mol. The molecule has 2 unspecified atom stereocenters. The molecule has 2 fully saturated rings. The molecule has 2 atom stereocenters. The quantitative estimate of drug-likeness (QED) is 0.775. The summed E-state index contributed by atoms with van der Waals surface area (Å²) >= 11 is 6.19. The largest absolute Gasteiger partial charge is 0.488 e. The van der Waals surface area contributed by atoms with Crippen LogP contribution < -0.4 is 15.4 Å². The Morgan fingerprint density at radius 2 is 1.74 bits per heavy atom. The number of carbonyl (C=O) groups is 1. The van der Waals surface area contributed by atoms with Gasteiger partial charge < -0.3 is 15.4 Å². The van der Waals surface area contributed by atoms with Gasteiger partial charge in [0.2, 0.25) is 0 Å². The van der Waals surface area contributed by atoms with Gasteiger partial charge in [0.25, 0.3) is 5.91 Å². The third-order valence-electron chi connectivity index (χ3n) is 5.28. The molecule has 4 nitrogen and oxygen atoms in total. The number of ether oxygens (including phenoxy) is 1. The van der Waals surface area contributed by atoms with E-state index in [0.29, 0.717) is 35.0 Å². The van der Waals surface area contributed by atoms with Crippen molar-refractivity contribution in [3.05, 3.63) is 64.7 Å². The predicted molar refractivity (Wildman–Crippen MR) is 110 cm³/mol. The minimum absolute atomic E-state index is 0. The third kappa shape index (κ3) is 4.75. The maximum absolute atomic E-state index is 12.8. The number of hydrogen-bond acceptors (Lipinski definition) is 3. The first kappa shape index (κ1) is 20.0. The van der Waals surface area contributed by atoms with Crippen LogP contribution in [-0.2, 0) is 6.61 Å². The number of fused-ring (bicyclic) bond motifs is 2. The lowest BCUT2D eigenvalue weighted by Crippen LogP contribution is -2.48. The molecular formula is C21H24Cl2N2O2. The Balaban J connectivity index is 0.00000210. The molecule has 2 aliphatic rings. The Morgan fingerprint density at radius 3 is 2.48 bits per heavy atom. The predicted octanol–water partition coefficient (Wildman–Crippen LogP) is 4.35. The summed E-state index contributed by atoms with van der Waals surface area (Å²) in [5, 5.41) is 7.47. The fraction of sp³-hybridized carbons (Fsp3) is 0.381. The Labute approximate surface area is 171 Å². The highest BCUT2D eigenvalue weighted by Crippen LogP contribution is 2.28. The topological polar surface area (TPSA) is 50.4 Å². The second kappa shape index (κ2) is 8.96. The zero-order valence-electron chi connectivity index (χ0n) is 15.0. The number of para-hydroxylation sites is 1. The number of carbonyl (C=O) groups excluding carboxylic acids is 1. The zero-order chi connectivity index (χ0) is 17.9. The van der Waals surface area contributed by atoms with Gasteiger partial charge in [0.05, 0.1) is 5.56 Å². The summed E-state index contributed by atoms with van der Waals surface area (Å²) in [7, 11) is 0. The van der Waals surface area contributed by atoms with E-state index < -0.39 is 0 Å². The molecular weight excluding hydrogens is 383 g/mol. The molecule has 0 saturated carbocycles. The second-order valence-electron chi connectivity index (χ2n) is 7.16. The lowest BCUT2D eigenvalue weighted by Gasteiger charge is -2.29. The highest BCUT2D eigenvalue weighted by atomic mass is 35.5. The van der Waals surface area contributed by atoms with E-state index in [1.807, 2.05) is 48.5 Å². The average molecular weight is 407 g/mol. The van der Waals surface area contributed by atoms with Crippen LogP contribution in [0.3, 0.4) is 0 Å². The number of amides is 1. The Kier molecular flexibility index (Phi) is 6.64. The van der Waals surface area contributed by atoms with Gasteiger partial charge in [-0.2, -0.15) is 0 Å². The highest BCUT2D eigenvalue weighted by molar-refractivity contribution is 6.31. The lowest BCUT2D eigenvalue weighted by atomic mass is 9.99. The molecule has 2 aliphatic heterocycles. The average Bonchev–Trinajstić information content (AvgIpc) is 2.99. The van der Waals surface area contributed by atoms with Crippen molar-refractivity contribution in [3.63, 3.8) is 0 Å². The van der Waals surface area contributed by atoms with Crippen LogP contribution in [0.1, 0.15) is 41.6 Å². The van der Waals surface area contributed by atoms with E-state index in [-0.39, 0.29) is 24.4 Å². The van der Waals surface area contributed by atoms with Gasteiger partial charge >= 0.3 is 0 Å². The van der Waals surface area contributed by atoms with Gasteiger partial charge in [0, 0.05) is 28.7 Å². The Bertz CT molecular complexity index is 787. The molecule has 2 N–H and O–H groups in total. The van der Waals surface area contributed by atoms with Gasteiger partial charge in [-0.1, -0.05) is 41.9 Å². The van der Waals surface area contributed by atoms with Gasteiger partial charge in [-0.25, -0.2) is 0 Å². The summed E-state index contributed by atoms with van der Waals surface area (Å²) in [4.78, 5) is 12.8. The SMILES string of the molecule is Cl.O=C(NC1CC2CCC(C1)N2)c1ccccc1OCc1ccccc1Cl. The molecule has 6 heteroatoms. The van der Waals surface area contributed by atoms with E-state index in [1.165, 1.54) is 12.8 Å². The van der Waals surface area contributed by atoms with E-state index in [9.17, 15) is 4.79 Å². The van der Waals surface area contributed by atoms with E-state index in [0.717, 1.165) is 18.4 Å². The number of piperidine rings is 1. The second-order valence-corrected chi connectivity index (χ2v) is 7.56. The van der Waals surface area contributed by atoms with Crippen LogP contribution in [0.5, 0.6) is 5.75 Å². The van der Waals surface area contributed by atoms with E-state index in [2.05, 4.69) is 10.6 Å². The van der Waals surface area contributed by atoms with Crippen LogP contribution in [0.15, 0.2) is 48.5 Å². The molecule has 0 spiro atoms. The molecule has 144 valence electrons. The number of halogens is 2. The van der Waals surface area contributed by atoms with E-state index in [4.69, 9.17) is 16.3 Å². The van der Waals surface area contributed by atoms with Crippen molar-refractivity contribution in [1.29, 1.82) is 0 Å². The first-order chi connectivity index (χ1) is 12.7. The van der Waals surface area contributed by atoms with Crippen molar-refractivity contribution in [3.8, 4) is 5.75 Å². The minimum Gasteiger partial charge on any atom is -0.488 e. The van der Waals surface area contributed by atoms with Crippen molar-refractivity contribution in [2.24, 2.45) is 0 Å². The minimum atomic E-state index is -0.0638. The Hall–Kier alpha value is -1.75. The molecule has 2 heterocycles. The van der Waals surface area contributed by atoms with Crippen molar-refractivity contribution in [2.45, 2.75) is 50.4 Å². The number of benzene rings is 2. The van der Waals surface area contributed by atoms with Gasteiger partial charge in [0.15, 0.2) is 0 Å². The van der Waals surface area contributed by atoms with Crippen molar-refractivity contribution >= 4 is 29.9 Å². The van der Waals surface area contributed by atoms with E-state index in [1.54, 1.807) is 0 Å². The van der Waals surface area contributed by atoms with Crippen LogP contribution >= 0.6 is 24.0 Å². The van der Waals surface area contributed by atoms with Crippen LogP contribution in [0.4, 0.5) is 0 Å². The molecule has 0 aliphatic carbocycles. The van der Waals surface area contributed by atoms with E-state index >= 15 is 0 Å². The molecule has 2 aromatic rings. The molecule has 27 heavy (non-hydrogen) atoms. The molecule has 1 amide bonds.